The second-order valence-corrected chi connectivity index (χ2v) is 11.2. The number of nitrogens with zero attached hydrogens (tertiary/aromatic N) is 1. The van der Waals surface area contributed by atoms with E-state index >= 15 is 0 Å². The molecule has 0 aromatic heterocycles. The topological polar surface area (TPSA) is 46.6 Å². The summed E-state index contributed by atoms with van der Waals surface area (Å²) in [6.45, 7) is 0.320. The lowest BCUT2D eigenvalue weighted by molar-refractivity contribution is -0.117. The van der Waals surface area contributed by atoms with Crippen molar-refractivity contribution in [3.05, 3.63) is 84.0 Å². The van der Waals surface area contributed by atoms with Crippen LogP contribution in [0.2, 0.25) is 5.02 Å². The van der Waals surface area contributed by atoms with Crippen LogP contribution >= 0.6 is 43.5 Å². The maximum Gasteiger partial charge on any atom is 0.161 e. The van der Waals surface area contributed by atoms with E-state index in [-0.39, 0.29) is 11.6 Å². The van der Waals surface area contributed by atoms with Crippen LogP contribution in [-0.2, 0) is 16.2 Å². The summed E-state index contributed by atoms with van der Waals surface area (Å²) in [6, 6.07) is 11.5. The van der Waals surface area contributed by atoms with E-state index in [1.54, 1.807) is 0 Å². The van der Waals surface area contributed by atoms with Crippen molar-refractivity contribution in [3.8, 4) is 5.75 Å². The fraction of sp³-hybridized carbons (Fsp3) is 0.333. The number of ketones is 2. The summed E-state index contributed by atoms with van der Waals surface area (Å²) in [6.07, 6.45) is 4.37. The van der Waals surface area contributed by atoms with E-state index in [9.17, 15) is 9.59 Å². The first-order chi connectivity index (χ1) is 16.3. The van der Waals surface area contributed by atoms with Crippen LogP contribution in [0.15, 0.2) is 67.9 Å². The van der Waals surface area contributed by atoms with Gasteiger partial charge < -0.3 is 9.64 Å². The first kappa shape index (κ1) is 23.8. The lowest BCUT2D eigenvalue weighted by Crippen LogP contribution is -2.37. The highest BCUT2D eigenvalue weighted by Crippen LogP contribution is 2.52. The van der Waals surface area contributed by atoms with Gasteiger partial charge in [-0.2, -0.15) is 0 Å². The van der Waals surface area contributed by atoms with Gasteiger partial charge in [0.1, 0.15) is 12.4 Å². The van der Waals surface area contributed by atoms with Crippen LogP contribution in [0.25, 0.3) is 0 Å². The maximum absolute atomic E-state index is 13.3. The van der Waals surface area contributed by atoms with Crippen LogP contribution in [0.4, 0.5) is 0 Å². The van der Waals surface area contributed by atoms with Crippen molar-refractivity contribution in [1.82, 2.24) is 4.90 Å². The molecule has 1 aliphatic heterocycles. The van der Waals surface area contributed by atoms with Crippen LogP contribution in [0, 0.1) is 0 Å². The molecule has 2 aliphatic carbocycles. The molecule has 0 spiro atoms. The smallest absolute Gasteiger partial charge is 0.161 e. The zero-order valence-electron chi connectivity index (χ0n) is 18.8. The predicted molar refractivity (Wildman–Crippen MR) is 140 cm³/mol. The van der Waals surface area contributed by atoms with Crippen LogP contribution < -0.4 is 4.74 Å². The number of hydrogen-bond acceptors (Lipinski definition) is 4. The molecule has 0 bridgehead atoms. The van der Waals surface area contributed by atoms with Crippen molar-refractivity contribution >= 4 is 55.0 Å². The standard InChI is InChI=1S/C27H24Br2ClNO3/c1-31-20-7-3-9-22(32)25(20)24(26-21(31)8-4-10-23(26)33)18-12-16(28)13-19(29)27(18)34-14-15-5-2-6-17(30)11-15/h2,5-6,11-13,24H,3-4,7-10,14H2,1H3. The Kier molecular flexibility index (Phi) is 6.75. The fourth-order valence-corrected chi connectivity index (χ4v) is 6.98. The highest BCUT2D eigenvalue weighted by molar-refractivity contribution is 9.11. The van der Waals surface area contributed by atoms with Gasteiger partial charge in [-0.3, -0.25) is 9.59 Å². The maximum atomic E-state index is 13.3. The average molecular weight is 606 g/mol. The van der Waals surface area contributed by atoms with Crippen LogP contribution in [-0.4, -0.2) is 23.5 Å². The minimum absolute atomic E-state index is 0.125. The molecule has 34 heavy (non-hydrogen) atoms. The molecule has 4 nitrogen and oxygen atoms in total. The second-order valence-electron chi connectivity index (χ2n) is 8.99. The summed E-state index contributed by atoms with van der Waals surface area (Å²) >= 11 is 13.5. The van der Waals surface area contributed by atoms with Crippen molar-refractivity contribution in [2.24, 2.45) is 0 Å². The highest BCUT2D eigenvalue weighted by Gasteiger charge is 2.43. The molecule has 0 atom stereocenters. The third-order valence-electron chi connectivity index (χ3n) is 6.86. The molecule has 0 amide bonds. The van der Waals surface area contributed by atoms with Crippen LogP contribution in [0.3, 0.4) is 0 Å². The number of benzene rings is 2. The van der Waals surface area contributed by atoms with E-state index in [0.717, 1.165) is 68.3 Å². The minimum Gasteiger partial charge on any atom is -0.487 e. The zero-order valence-corrected chi connectivity index (χ0v) is 22.7. The molecule has 0 radical (unpaired) electrons. The van der Waals surface area contributed by atoms with Crippen LogP contribution in [0.1, 0.15) is 55.6 Å². The van der Waals surface area contributed by atoms with Gasteiger partial charge in [0.25, 0.3) is 0 Å². The van der Waals surface area contributed by atoms with E-state index in [1.807, 2.05) is 43.4 Å². The Morgan fingerprint density at radius 1 is 0.971 bits per heavy atom. The van der Waals surface area contributed by atoms with Gasteiger partial charge in [-0.05, 0) is 71.4 Å². The first-order valence-corrected chi connectivity index (χ1v) is 13.4. The van der Waals surface area contributed by atoms with E-state index in [0.29, 0.717) is 30.2 Å². The fourth-order valence-electron chi connectivity index (χ4n) is 5.39. The monoisotopic (exact) mass is 603 g/mol. The minimum atomic E-state index is -0.426. The Morgan fingerprint density at radius 2 is 1.62 bits per heavy atom. The molecule has 0 N–H and O–H groups in total. The summed E-state index contributed by atoms with van der Waals surface area (Å²) in [5, 5.41) is 0.650. The number of allylic oxidation sites excluding steroid dienone is 4. The van der Waals surface area contributed by atoms with Gasteiger partial charge in [-0.1, -0.05) is 39.7 Å². The van der Waals surface area contributed by atoms with Gasteiger partial charge in [0, 0.05) is 63.4 Å². The number of carbonyl (C=O) groups is 2. The number of halogens is 3. The second kappa shape index (κ2) is 9.63. The molecular formula is C27H24Br2ClNO3. The molecule has 3 aliphatic rings. The van der Waals surface area contributed by atoms with E-state index in [1.165, 1.54) is 0 Å². The number of hydrogen-bond donors (Lipinski definition) is 0. The van der Waals surface area contributed by atoms with Crippen molar-refractivity contribution in [2.45, 2.75) is 51.0 Å². The van der Waals surface area contributed by atoms with Gasteiger partial charge in [-0.15, -0.1) is 0 Å². The summed E-state index contributed by atoms with van der Waals surface area (Å²) in [5.41, 5.74) is 5.37. The van der Waals surface area contributed by atoms with Crippen LogP contribution in [0.5, 0.6) is 5.75 Å². The van der Waals surface area contributed by atoms with E-state index in [2.05, 4.69) is 36.8 Å². The third kappa shape index (κ3) is 4.29. The molecule has 0 unspecified atom stereocenters. The Bertz CT molecular complexity index is 1220. The summed E-state index contributed by atoms with van der Waals surface area (Å²) in [4.78, 5) is 28.8. The lowest BCUT2D eigenvalue weighted by Gasteiger charge is -2.42. The molecular weight excluding hydrogens is 582 g/mol. The highest BCUT2D eigenvalue weighted by atomic mass is 79.9. The average Bonchev–Trinajstić information content (AvgIpc) is 2.79. The summed E-state index contributed by atoms with van der Waals surface area (Å²) in [7, 11) is 2.01. The van der Waals surface area contributed by atoms with Gasteiger partial charge in [0.2, 0.25) is 0 Å². The van der Waals surface area contributed by atoms with Gasteiger partial charge in [0.15, 0.2) is 11.6 Å². The third-order valence-corrected chi connectivity index (χ3v) is 8.15. The summed E-state index contributed by atoms with van der Waals surface area (Å²) in [5.74, 6) is 0.470. The van der Waals surface area contributed by atoms with Crippen molar-refractivity contribution in [1.29, 1.82) is 0 Å². The van der Waals surface area contributed by atoms with E-state index in [4.69, 9.17) is 16.3 Å². The zero-order chi connectivity index (χ0) is 24.0. The quantitative estimate of drug-likeness (QED) is 0.363. The van der Waals surface area contributed by atoms with Crippen molar-refractivity contribution in [2.75, 3.05) is 7.05 Å². The van der Waals surface area contributed by atoms with Crippen molar-refractivity contribution in [3.63, 3.8) is 0 Å². The number of carbonyl (C=O) groups excluding carboxylic acids is 2. The Hall–Kier alpha value is -1.89. The first-order valence-electron chi connectivity index (χ1n) is 11.5. The lowest BCUT2D eigenvalue weighted by atomic mass is 9.71. The normalized spacial score (nSPS) is 18.9. The Balaban J connectivity index is 1.67. The van der Waals surface area contributed by atoms with E-state index < -0.39 is 5.92 Å². The molecule has 5 rings (SSSR count). The number of ether oxygens (including phenoxy) is 1. The number of Topliss-reactive ketones (excluding diaryl/α,β-unsaturated/α-hetero) is 2. The molecule has 1 heterocycles. The van der Waals surface area contributed by atoms with Gasteiger partial charge in [-0.25, -0.2) is 0 Å². The molecule has 0 fully saturated rings. The van der Waals surface area contributed by atoms with Gasteiger partial charge in [0.05, 0.1) is 4.47 Å². The molecule has 0 saturated carbocycles. The summed E-state index contributed by atoms with van der Waals surface area (Å²) < 4.78 is 8.00. The Labute approximate surface area is 221 Å². The van der Waals surface area contributed by atoms with Gasteiger partial charge >= 0.3 is 0 Å². The number of rotatable bonds is 4. The van der Waals surface area contributed by atoms with Crippen molar-refractivity contribution < 1.29 is 14.3 Å². The molecule has 2 aromatic rings. The predicted octanol–water partition coefficient (Wildman–Crippen LogP) is 7.49. The Morgan fingerprint density at radius 3 is 2.24 bits per heavy atom. The molecule has 0 saturated heterocycles. The molecule has 176 valence electrons. The SMILES string of the molecule is CN1C2=C(C(=O)CCC2)C(c2cc(Br)cc(Br)c2OCc2cccc(Cl)c2)C2=C1CCCC2=O. The largest absolute Gasteiger partial charge is 0.487 e. The molecule has 7 heteroatoms. The molecule has 2 aromatic carbocycles.